The van der Waals surface area contributed by atoms with Crippen molar-refractivity contribution in [2.45, 2.75) is 46.6 Å². The lowest BCUT2D eigenvalue weighted by Gasteiger charge is -2.36. The smallest absolute Gasteiger partial charge is 0.0426 e. The first-order chi connectivity index (χ1) is 8.61. The highest BCUT2D eigenvalue weighted by molar-refractivity contribution is 5.60. The van der Waals surface area contributed by atoms with Crippen LogP contribution in [0, 0.1) is 20.8 Å². The molecule has 1 aliphatic heterocycles. The van der Waals surface area contributed by atoms with Gasteiger partial charge in [-0.15, -0.1) is 0 Å². The molecule has 2 heteroatoms. The molecule has 18 heavy (non-hydrogen) atoms. The molecule has 1 unspecified atom stereocenters. The second kappa shape index (κ2) is 5.75. The second-order valence-corrected chi connectivity index (χ2v) is 5.59. The van der Waals surface area contributed by atoms with Gasteiger partial charge >= 0.3 is 0 Å². The summed E-state index contributed by atoms with van der Waals surface area (Å²) in [5.41, 5.74) is 5.67. The summed E-state index contributed by atoms with van der Waals surface area (Å²) >= 11 is 0. The van der Waals surface area contributed by atoms with E-state index >= 15 is 0 Å². The molecule has 0 spiro atoms. The van der Waals surface area contributed by atoms with Gasteiger partial charge < -0.3 is 10.2 Å². The van der Waals surface area contributed by atoms with Crippen molar-refractivity contribution in [3.05, 3.63) is 28.8 Å². The number of benzene rings is 1. The average Bonchev–Trinajstić information content (AvgIpc) is 2.28. The Hall–Kier alpha value is -1.02. The van der Waals surface area contributed by atoms with Crippen LogP contribution in [0.2, 0.25) is 0 Å². The maximum atomic E-state index is 3.59. The summed E-state index contributed by atoms with van der Waals surface area (Å²) in [6, 6.07) is 5.27. The van der Waals surface area contributed by atoms with Gasteiger partial charge in [-0.05, 0) is 51.3 Å². The number of hydrogen-bond acceptors (Lipinski definition) is 2. The van der Waals surface area contributed by atoms with Gasteiger partial charge in [-0.25, -0.2) is 0 Å². The van der Waals surface area contributed by atoms with Crippen molar-refractivity contribution in [3.63, 3.8) is 0 Å². The van der Waals surface area contributed by atoms with Crippen LogP contribution in [0.4, 0.5) is 5.69 Å². The van der Waals surface area contributed by atoms with Crippen LogP contribution in [0.5, 0.6) is 0 Å². The zero-order chi connectivity index (χ0) is 13.1. The summed E-state index contributed by atoms with van der Waals surface area (Å²) in [4.78, 5) is 2.57. The molecule has 1 fully saturated rings. The molecule has 0 bridgehead atoms. The number of piperidine rings is 1. The lowest BCUT2D eigenvalue weighted by molar-refractivity contribution is 0.431. The van der Waals surface area contributed by atoms with Crippen molar-refractivity contribution in [2.75, 3.05) is 24.5 Å². The van der Waals surface area contributed by atoms with Crippen LogP contribution >= 0.6 is 0 Å². The van der Waals surface area contributed by atoms with Crippen molar-refractivity contribution in [1.29, 1.82) is 0 Å². The summed E-state index contributed by atoms with van der Waals surface area (Å²) in [6.07, 6.45) is 2.61. The Bertz CT molecular complexity index is 387. The second-order valence-electron chi connectivity index (χ2n) is 5.59. The van der Waals surface area contributed by atoms with Crippen LogP contribution in [0.15, 0.2) is 12.1 Å². The molecule has 0 amide bonds. The summed E-state index contributed by atoms with van der Waals surface area (Å²) < 4.78 is 0. The van der Waals surface area contributed by atoms with Gasteiger partial charge in [0, 0.05) is 24.8 Å². The molecular weight excluding hydrogens is 220 g/mol. The van der Waals surface area contributed by atoms with Crippen molar-refractivity contribution in [3.8, 4) is 0 Å². The van der Waals surface area contributed by atoms with E-state index in [0.29, 0.717) is 6.04 Å². The minimum absolute atomic E-state index is 0.656. The molecule has 1 aromatic rings. The summed E-state index contributed by atoms with van der Waals surface area (Å²) in [6.45, 7) is 12.3. The molecule has 0 aromatic heterocycles. The zero-order valence-corrected chi connectivity index (χ0v) is 12.2. The molecule has 0 aliphatic carbocycles. The van der Waals surface area contributed by atoms with Crippen LogP contribution in [-0.4, -0.2) is 25.7 Å². The molecule has 1 heterocycles. The van der Waals surface area contributed by atoms with Crippen LogP contribution in [-0.2, 0) is 0 Å². The van der Waals surface area contributed by atoms with E-state index in [4.69, 9.17) is 0 Å². The van der Waals surface area contributed by atoms with Gasteiger partial charge in [0.2, 0.25) is 0 Å². The summed E-state index contributed by atoms with van der Waals surface area (Å²) in [5.74, 6) is 0. The molecule has 0 saturated carbocycles. The number of anilines is 1. The number of aryl methyl sites for hydroxylation is 3. The van der Waals surface area contributed by atoms with E-state index < -0.39 is 0 Å². The fourth-order valence-corrected chi connectivity index (χ4v) is 3.31. The highest BCUT2D eigenvalue weighted by atomic mass is 15.2. The van der Waals surface area contributed by atoms with Gasteiger partial charge in [-0.3, -0.25) is 0 Å². The Balaban J connectivity index is 2.20. The molecule has 2 rings (SSSR count). The fraction of sp³-hybridized carbons (Fsp3) is 0.625. The van der Waals surface area contributed by atoms with Crippen molar-refractivity contribution in [1.82, 2.24) is 5.32 Å². The largest absolute Gasteiger partial charge is 0.370 e. The van der Waals surface area contributed by atoms with E-state index in [-0.39, 0.29) is 0 Å². The standard InChI is InChI=1S/C16H26N2/c1-5-17-15-7-6-8-18(11-15)16-13(3)9-12(2)10-14(16)4/h9-10,15,17H,5-8,11H2,1-4H3. The Labute approximate surface area is 111 Å². The molecule has 1 aromatic carbocycles. The van der Waals surface area contributed by atoms with Crippen LogP contribution in [0.25, 0.3) is 0 Å². The number of nitrogens with one attached hydrogen (secondary N) is 1. The SMILES string of the molecule is CCNC1CCCN(c2c(C)cc(C)cc2C)C1. The van der Waals surface area contributed by atoms with Crippen molar-refractivity contribution >= 4 is 5.69 Å². The lowest BCUT2D eigenvalue weighted by Crippen LogP contribution is -2.46. The first-order valence-corrected chi connectivity index (χ1v) is 7.18. The van der Waals surface area contributed by atoms with Gasteiger partial charge in [-0.2, -0.15) is 0 Å². The molecular formula is C16H26N2. The van der Waals surface area contributed by atoms with E-state index in [2.05, 4.69) is 50.0 Å². The first-order valence-electron chi connectivity index (χ1n) is 7.18. The van der Waals surface area contributed by atoms with E-state index in [1.54, 1.807) is 0 Å². The van der Waals surface area contributed by atoms with Gasteiger partial charge in [0.25, 0.3) is 0 Å². The molecule has 1 saturated heterocycles. The van der Waals surface area contributed by atoms with Gasteiger partial charge in [0.05, 0.1) is 0 Å². The maximum Gasteiger partial charge on any atom is 0.0426 e. The third-order valence-corrected chi connectivity index (χ3v) is 3.87. The summed E-state index contributed by atoms with van der Waals surface area (Å²) in [5, 5.41) is 3.59. The van der Waals surface area contributed by atoms with E-state index in [1.165, 1.54) is 41.8 Å². The van der Waals surface area contributed by atoms with Gasteiger partial charge in [0.15, 0.2) is 0 Å². The highest BCUT2D eigenvalue weighted by Crippen LogP contribution is 2.28. The average molecular weight is 246 g/mol. The Morgan fingerprint density at radius 1 is 1.22 bits per heavy atom. The minimum Gasteiger partial charge on any atom is -0.370 e. The highest BCUT2D eigenvalue weighted by Gasteiger charge is 2.21. The zero-order valence-electron chi connectivity index (χ0n) is 12.2. The number of nitrogens with zero attached hydrogens (tertiary/aromatic N) is 1. The Morgan fingerprint density at radius 2 is 1.89 bits per heavy atom. The predicted octanol–water partition coefficient (Wildman–Crippen LogP) is 3.19. The summed E-state index contributed by atoms with van der Waals surface area (Å²) in [7, 11) is 0. The molecule has 100 valence electrons. The predicted molar refractivity (Wildman–Crippen MR) is 79.6 cm³/mol. The fourth-order valence-electron chi connectivity index (χ4n) is 3.31. The number of rotatable bonds is 3. The molecule has 1 N–H and O–H groups in total. The number of hydrogen-bond donors (Lipinski definition) is 1. The molecule has 1 aliphatic rings. The third kappa shape index (κ3) is 2.86. The van der Waals surface area contributed by atoms with E-state index in [0.717, 1.165) is 13.1 Å². The van der Waals surface area contributed by atoms with Gasteiger partial charge in [-0.1, -0.05) is 24.6 Å². The normalized spacial score (nSPS) is 20.2. The van der Waals surface area contributed by atoms with E-state index in [9.17, 15) is 0 Å². The molecule has 0 radical (unpaired) electrons. The van der Waals surface area contributed by atoms with Crippen molar-refractivity contribution < 1.29 is 0 Å². The van der Waals surface area contributed by atoms with Crippen LogP contribution in [0.1, 0.15) is 36.5 Å². The Morgan fingerprint density at radius 3 is 2.50 bits per heavy atom. The van der Waals surface area contributed by atoms with Crippen molar-refractivity contribution in [2.24, 2.45) is 0 Å². The van der Waals surface area contributed by atoms with E-state index in [1.807, 2.05) is 0 Å². The molecule has 2 nitrogen and oxygen atoms in total. The first kappa shape index (κ1) is 13.4. The van der Waals surface area contributed by atoms with Crippen LogP contribution in [0.3, 0.4) is 0 Å². The quantitative estimate of drug-likeness (QED) is 0.881. The Kier molecular flexibility index (Phi) is 4.28. The maximum absolute atomic E-state index is 3.59. The topological polar surface area (TPSA) is 15.3 Å². The third-order valence-electron chi connectivity index (χ3n) is 3.87. The van der Waals surface area contributed by atoms with Crippen LogP contribution < -0.4 is 10.2 Å². The molecule has 1 atom stereocenters. The lowest BCUT2D eigenvalue weighted by atomic mass is 9.99. The minimum atomic E-state index is 0.656. The monoisotopic (exact) mass is 246 g/mol. The number of likely N-dealkylation sites (N-methyl/N-ethyl adjacent to an activating group) is 1. The van der Waals surface area contributed by atoms with Gasteiger partial charge in [0.1, 0.15) is 0 Å².